The normalized spacial score (nSPS) is 14.7. The molecule has 2 aromatic carbocycles. The van der Waals surface area contributed by atoms with E-state index in [0.717, 1.165) is 43.4 Å². The Morgan fingerprint density at radius 2 is 1.77 bits per heavy atom. The Balaban J connectivity index is 1.57. The molecule has 0 atom stereocenters. The minimum atomic E-state index is -0.586. The molecule has 35 heavy (non-hydrogen) atoms. The van der Waals surface area contributed by atoms with Crippen molar-refractivity contribution in [3.05, 3.63) is 65.7 Å². The number of fused-ring (bicyclic) bond motifs is 1. The van der Waals surface area contributed by atoms with Crippen LogP contribution in [-0.4, -0.2) is 71.1 Å². The van der Waals surface area contributed by atoms with Gasteiger partial charge in [-0.2, -0.15) is 4.98 Å². The topological polar surface area (TPSA) is 85.3 Å². The first-order valence-corrected chi connectivity index (χ1v) is 11.5. The third-order valence-corrected chi connectivity index (χ3v) is 6.25. The van der Waals surface area contributed by atoms with Crippen LogP contribution in [0.5, 0.6) is 0 Å². The van der Waals surface area contributed by atoms with Gasteiger partial charge in [-0.1, -0.05) is 30.3 Å². The molecule has 4 aromatic rings. The van der Waals surface area contributed by atoms with Gasteiger partial charge in [-0.3, -0.25) is 4.90 Å². The maximum absolute atomic E-state index is 14.9. The molecule has 0 spiro atoms. The van der Waals surface area contributed by atoms with Gasteiger partial charge in [0.2, 0.25) is 5.95 Å². The molecule has 10 heteroatoms. The molecule has 0 amide bonds. The summed E-state index contributed by atoms with van der Waals surface area (Å²) in [5.74, 6) is -0.418. The second kappa shape index (κ2) is 9.93. The Bertz CT molecular complexity index is 1320. The fourth-order valence-electron chi connectivity index (χ4n) is 4.33. The Labute approximate surface area is 201 Å². The van der Waals surface area contributed by atoms with E-state index in [1.54, 1.807) is 11.8 Å². The third kappa shape index (κ3) is 4.80. The van der Waals surface area contributed by atoms with Gasteiger partial charge in [-0.25, -0.2) is 18.4 Å². The van der Waals surface area contributed by atoms with E-state index in [9.17, 15) is 8.78 Å². The number of rotatable bonds is 7. The smallest absolute Gasteiger partial charge is 0.228 e. The summed E-state index contributed by atoms with van der Waals surface area (Å²) in [5.41, 5.74) is 8.10. The number of nitrogens with zero attached hydrogens (tertiary/aromatic N) is 6. The summed E-state index contributed by atoms with van der Waals surface area (Å²) in [7, 11) is 1.69. The van der Waals surface area contributed by atoms with Crippen molar-refractivity contribution in [1.29, 1.82) is 0 Å². The summed E-state index contributed by atoms with van der Waals surface area (Å²) in [6.45, 7) is 4.97. The average Bonchev–Trinajstić information content (AvgIpc) is 3.19. The van der Waals surface area contributed by atoms with E-state index in [1.807, 2.05) is 35.2 Å². The van der Waals surface area contributed by atoms with Crippen molar-refractivity contribution in [2.24, 2.45) is 0 Å². The highest BCUT2D eigenvalue weighted by Crippen LogP contribution is 2.34. The lowest BCUT2D eigenvalue weighted by Crippen LogP contribution is -2.47. The minimum Gasteiger partial charge on any atom is -0.383 e. The van der Waals surface area contributed by atoms with Crippen molar-refractivity contribution in [1.82, 2.24) is 24.6 Å². The maximum atomic E-state index is 14.9. The molecule has 5 rings (SSSR count). The van der Waals surface area contributed by atoms with Gasteiger partial charge in [0, 0.05) is 45.4 Å². The molecule has 182 valence electrons. The zero-order chi connectivity index (χ0) is 24.4. The first kappa shape index (κ1) is 23.1. The van der Waals surface area contributed by atoms with Crippen molar-refractivity contribution in [3.63, 3.8) is 0 Å². The fourth-order valence-corrected chi connectivity index (χ4v) is 4.33. The number of ether oxygens (including phenoxy) is 1. The number of aromatic nitrogens is 4. The Hall–Kier alpha value is -3.63. The zero-order valence-corrected chi connectivity index (χ0v) is 19.5. The van der Waals surface area contributed by atoms with Crippen LogP contribution < -0.4 is 10.6 Å². The lowest BCUT2D eigenvalue weighted by Gasteiger charge is -2.34. The van der Waals surface area contributed by atoms with Gasteiger partial charge in [-0.15, -0.1) is 5.10 Å². The van der Waals surface area contributed by atoms with Crippen LogP contribution in [0.3, 0.4) is 0 Å². The predicted molar refractivity (Wildman–Crippen MR) is 131 cm³/mol. The second-order valence-electron chi connectivity index (χ2n) is 8.54. The molecule has 0 bridgehead atoms. The number of methoxy groups -OCH3 is 1. The van der Waals surface area contributed by atoms with Crippen molar-refractivity contribution in [2.45, 2.75) is 6.54 Å². The molecular formula is C25H27F2N7O. The van der Waals surface area contributed by atoms with Crippen LogP contribution in [0.2, 0.25) is 0 Å². The number of halogens is 2. The first-order chi connectivity index (χ1) is 17.0. The average molecular weight is 480 g/mol. The summed E-state index contributed by atoms with van der Waals surface area (Å²) in [6, 6.07) is 13.1. The monoisotopic (exact) mass is 479 g/mol. The van der Waals surface area contributed by atoms with Gasteiger partial charge in [0.15, 0.2) is 5.65 Å². The summed E-state index contributed by atoms with van der Waals surface area (Å²) in [4.78, 5) is 13.7. The van der Waals surface area contributed by atoms with Crippen LogP contribution in [-0.2, 0) is 11.3 Å². The van der Waals surface area contributed by atoms with Gasteiger partial charge in [0.1, 0.15) is 17.5 Å². The number of hydrogen-bond donors (Lipinski definition) is 1. The Kier molecular flexibility index (Phi) is 6.56. The van der Waals surface area contributed by atoms with Crippen LogP contribution in [0.15, 0.2) is 48.5 Å². The molecule has 3 heterocycles. The fraction of sp³-hybridized carbons (Fsp3) is 0.320. The molecule has 1 fully saturated rings. The molecule has 8 nitrogen and oxygen atoms in total. The Morgan fingerprint density at radius 3 is 2.51 bits per heavy atom. The van der Waals surface area contributed by atoms with Crippen LogP contribution >= 0.6 is 0 Å². The Morgan fingerprint density at radius 1 is 1.00 bits per heavy atom. The van der Waals surface area contributed by atoms with Crippen molar-refractivity contribution in [3.8, 4) is 11.3 Å². The highest BCUT2D eigenvalue weighted by Gasteiger charge is 2.25. The molecule has 2 aromatic heterocycles. The predicted octanol–water partition coefficient (Wildman–Crippen LogP) is 3.17. The number of hydrogen-bond acceptors (Lipinski definition) is 7. The van der Waals surface area contributed by atoms with Gasteiger partial charge in [0.05, 0.1) is 24.2 Å². The first-order valence-electron chi connectivity index (χ1n) is 11.5. The van der Waals surface area contributed by atoms with Crippen molar-refractivity contribution < 1.29 is 13.5 Å². The molecule has 1 aliphatic rings. The summed E-state index contributed by atoms with van der Waals surface area (Å²) < 4.78 is 35.8. The quantitative estimate of drug-likeness (QED) is 0.436. The van der Waals surface area contributed by atoms with Crippen LogP contribution in [0.1, 0.15) is 5.56 Å². The minimum absolute atomic E-state index is 0.0309. The number of anilines is 2. The highest BCUT2D eigenvalue weighted by atomic mass is 19.1. The number of benzene rings is 2. The van der Waals surface area contributed by atoms with E-state index in [1.165, 1.54) is 0 Å². The van der Waals surface area contributed by atoms with E-state index in [2.05, 4.69) is 10.00 Å². The number of nitrogen functional groups attached to an aromatic ring is 1. The summed E-state index contributed by atoms with van der Waals surface area (Å²) in [6.07, 6.45) is 0. The molecule has 2 N–H and O–H groups in total. The molecule has 1 aliphatic heterocycles. The van der Waals surface area contributed by atoms with Crippen LogP contribution in [0, 0.1) is 11.6 Å². The highest BCUT2D eigenvalue weighted by molar-refractivity contribution is 5.99. The van der Waals surface area contributed by atoms with E-state index >= 15 is 0 Å². The van der Waals surface area contributed by atoms with Gasteiger partial charge < -0.3 is 15.4 Å². The largest absolute Gasteiger partial charge is 0.383 e. The molecule has 0 saturated carbocycles. The lowest BCUT2D eigenvalue weighted by molar-refractivity contribution is 0.144. The standard InChI is InChI=1S/C25H27F2N7O/c1-35-14-13-32-9-11-33(12-10-32)25-29-22(19-15-18(26)7-8-20(19)27)21-23(28)34(31-24(21)30-25)16-17-5-3-2-4-6-17/h2-8,15H,9-14,16,28H2,1H3. The summed E-state index contributed by atoms with van der Waals surface area (Å²) >= 11 is 0. The van der Waals surface area contributed by atoms with Crippen molar-refractivity contribution in [2.75, 3.05) is 57.1 Å². The molecule has 0 radical (unpaired) electrons. The van der Waals surface area contributed by atoms with Gasteiger partial charge in [0.25, 0.3) is 0 Å². The number of nitrogens with two attached hydrogens (primary N) is 1. The van der Waals surface area contributed by atoms with Crippen LogP contribution in [0.4, 0.5) is 20.5 Å². The van der Waals surface area contributed by atoms with Gasteiger partial charge in [-0.05, 0) is 23.8 Å². The van der Waals surface area contributed by atoms with E-state index in [-0.39, 0.29) is 11.3 Å². The summed E-state index contributed by atoms with van der Waals surface area (Å²) in [5, 5.41) is 5.04. The lowest BCUT2D eigenvalue weighted by atomic mass is 10.1. The third-order valence-electron chi connectivity index (χ3n) is 6.25. The molecule has 0 unspecified atom stereocenters. The molecule has 0 aliphatic carbocycles. The second-order valence-corrected chi connectivity index (χ2v) is 8.54. The maximum Gasteiger partial charge on any atom is 0.228 e. The van der Waals surface area contributed by atoms with E-state index < -0.39 is 11.6 Å². The molecule has 1 saturated heterocycles. The zero-order valence-electron chi connectivity index (χ0n) is 19.5. The van der Waals surface area contributed by atoms with E-state index in [0.29, 0.717) is 49.0 Å². The van der Waals surface area contributed by atoms with Crippen molar-refractivity contribution >= 4 is 22.8 Å². The van der Waals surface area contributed by atoms with Gasteiger partial charge >= 0.3 is 0 Å². The van der Waals surface area contributed by atoms with E-state index in [4.69, 9.17) is 20.4 Å². The number of piperazine rings is 1. The van der Waals surface area contributed by atoms with Crippen LogP contribution in [0.25, 0.3) is 22.3 Å². The SMILES string of the molecule is COCCN1CCN(c2nc(-c3cc(F)ccc3F)c3c(N)n(Cc4ccccc4)nc3n2)CC1. The molecular weight excluding hydrogens is 452 g/mol.